The van der Waals surface area contributed by atoms with Crippen molar-refractivity contribution in [3.05, 3.63) is 309 Å². The highest BCUT2D eigenvalue weighted by molar-refractivity contribution is 6.33. The zero-order chi connectivity index (χ0) is 59.4. The van der Waals surface area contributed by atoms with Gasteiger partial charge in [-0.05, 0) is 171 Å². The molecule has 0 amide bonds. The smallest absolute Gasteiger partial charge is 0.311 e. The van der Waals surface area contributed by atoms with E-state index in [1.54, 1.807) is 25.2 Å². The maximum absolute atomic E-state index is 12.9. The second-order valence-corrected chi connectivity index (χ2v) is 24.2. The summed E-state index contributed by atoms with van der Waals surface area (Å²) in [4.78, 5) is 88.1. The molecule has 3 aromatic heterocycles. The first-order chi connectivity index (χ1) is 41.2. The van der Waals surface area contributed by atoms with Crippen LogP contribution in [0.3, 0.4) is 0 Å². The van der Waals surface area contributed by atoms with Crippen molar-refractivity contribution in [2.45, 2.75) is 139 Å². The summed E-state index contributed by atoms with van der Waals surface area (Å²) in [5, 5.41) is 1.12. The second kappa shape index (κ2) is 28.2. The van der Waals surface area contributed by atoms with Gasteiger partial charge in [0.05, 0.1) is 0 Å². The maximum atomic E-state index is 12.9. The van der Waals surface area contributed by atoms with Crippen molar-refractivity contribution in [1.29, 1.82) is 0 Å². The summed E-state index contributed by atoms with van der Waals surface area (Å²) in [5.41, 5.74) is 10.7. The minimum absolute atomic E-state index is 0.151. The number of aromatic nitrogens is 6. The first kappa shape index (κ1) is 60.1. The van der Waals surface area contributed by atoms with E-state index in [1.165, 1.54) is 26.8 Å². The number of H-pyrrole nitrogens is 5. The van der Waals surface area contributed by atoms with Crippen molar-refractivity contribution in [2.75, 3.05) is 0 Å². The number of hydrogen-bond donors (Lipinski definition) is 5. The van der Waals surface area contributed by atoms with Crippen molar-refractivity contribution in [3.63, 3.8) is 0 Å². The number of aromatic amines is 5. The fourth-order valence-electron chi connectivity index (χ4n) is 13.3. The molecule has 3 heterocycles. The van der Waals surface area contributed by atoms with Crippen LogP contribution in [0, 0.1) is 6.92 Å². The average Bonchev–Trinajstić information content (AvgIpc) is 2.98. The number of nitrogens with zero attached hydrogens (tertiary/aromatic N) is 1. The molecular weight excluding hydrogens is 1100 g/mol. The van der Waals surface area contributed by atoms with E-state index in [0.29, 0.717) is 58.2 Å². The zero-order valence-electron chi connectivity index (χ0n) is 48.3. The Balaban J connectivity index is 0.000000142. The number of hydrogen-bond acceptors (Lipinski definition) is 6. The van der Waals surface area contributed by atoms with Crippen LogP contribution >= 0.6 is 23.2 Å². The molecule has 5 N–H and O–H groups in total. The van der Waals surface area contributed by atoms with E-state index in [2.05, 4.69) is 110 Å². The molecule has 3 aliphatic carbocycles. The summed E-state index contributed by atoms with van der Waals surface area (Å²) in [7, 11) is 1.55. The molecule has 3 saturated carbocycles. The highest BCUT2D eigenvalue weighted by Gasteiger charge is 2.30. The van der Waals surface area contributed by atoms with Gasteiger partial charge in [0, 0.05) is 70.1 Å². The van der Waals surface area contributed by atoms with Gasteiger partial charge in [-0.1, -0.05) is 174 Å². The molecule has 9 aromatic rings. The topological polar surface area (TPSA) is 186 Å². The van der Waals surface area contributed by atoms with Crippen molar-refractivity contribution in [3.8, 4) is 0 Å². The van der Waals surface area contributed by atoms with Crippen molar-refractivity contribution in [2.24, 2.45) is 7.05 Å². The quantitative estimate of drug-likeness (QED) is 0.0810. The lowest BCUT2D eigenvalue weighted by molar-refractivity contribution is 0.387. The zero-order valence-corrected chi connectivity index (χ0v) is 49.8. The summed E-state index contributed by atoms with van der Waals surface area (Å²) in [6.07, 6.45) is 13.6. The third-order valence-corrected chi connectivity index (χ3v) is 18.5. The predicted octanol–water partition coefficient (Wildman–Crippen LogP) is 13.9. The lowest BCUT2D eigenvalue weighted by atomic mass is 9.76. The molecule has 85 heavy (non-hydrogen) atoms. The third-order valence-electron chi connectivity index (χ3n) is 17.9. The van der Waals surface area contributed by atoms with E-state index in [1.807, 2.05) is 67.6 Å². The van der Waals surface area contributed by atoms with E-state index >= 15 is 0 Å². The van der Waals surface area contributed by atoms with Gasteiger partial charge >= 0.3 is 17.1 Å². The molecule has 3 aliphatic rings. The molecule has 438 valence electrons. The van der Waals surface area contributed by atoms with Gasteiger partial charge < -0.3 is 15.0 Å². The summed E-state index contributed by atoms with van der Waals surface area (Å²) in [6.45, 7) is 2.05. The fraction of sp³-hybridized carbons (Fsp3) is 0.324. The van der Waals surface area contributed by atoms with Gasteiger partial charge in [0.15, 0.2) is 0 Å². The lowest BCUT2D eigenvalue weighted by Crippen LogP contribution is -2.37. The third kappa shape index (κ3) is 15.3. The summed E-state index contributed by atoms with van der Waals surface area (Å²) < 4.78 is 1.19. The molecule has 0 saturated heterocycles. The SMILES string of the molecule is Cc1cccc(Cc2c(C3CCC(c4ccccc4)CC3)[nH]c(=O)[nH]c2=O)c1.Cn1c(=O)[nH]c(C2CCC(c3ccccc3)CC2)c(Cc2ccccc2)c1=O.O=c1[nH]c(C2CCC(c3ccccc3)CC2)c(Cc2cc(Cl)ccc2Cl)c(=O)[nH]1. The van der Waals surface area contributed by atoms with E-state index < -0.39 is 11.4 Å². The fourth-order valence-corrected chi connectivity index (χ4v) is 13.7. The Bertz CT molecular complexity index is 4060. The standard InChI is InChI=1S/2C24H26N2O2.C23H22Cl2N2O2/c1-26-23(27)21(16-17-8-4-2-5-9-17)22(25-24(26)28)20-14-12-19(13-15-20)18-10-6-3-7-11-18;1-16-6-5-7-17(14-16)15-21-22(25-24(28)26-23(21)27)20-12-10-19(11-13-20)18-8-3-2-4-9-18;24-18-10-11-20(25)17(12-18)13-19-21(26-23(29)27-22(19)28)16-8-6-15(7-9-16)14-4-2-1-3-5-14/h2-11,19-20H,12-16H2,1H3,(H,25,28);2-9,14,19-20H,10-13,15H2,1H3,(H2,25,26,27,28);1-5,10-12,15-16H,6-9,13H2,(H2,26,27,28,29). The van der Waals surface area contributed by atoms with Crippen LogP contribution in [0.5, 0.6) is 0 Å². The van der Waals surface area contributed by atoms with Crippen LogP contribution in [0.15, 0.2) is 193 Å². The van der Waals surface area contributed by atoms with Gasteiger partial charge in [-0.2, -0.15) is 0 Å². The van der Waals surface area contributed by atoms with Crippen LogP contribution in [0.1, 0.15) is 185 Å². The Morgan fingerprint density at radius 1 is 0.400 bits per heavy atom. The molecule has 0 unspecified atom stereocenters. The van der Waals surface area contributed by atoms with Crippen molar-refractivity contribution in [1.82, 2.24) is 29.5 Å². The van der Waals surface area contributed by atoms with Crippen molar-refractivity contribution >= 4 is 23.2 Å². The van der Waals surface area contributed by atoms with Gasteiger partial charge in [0.2, 0.25) is 0 Å². The molecule has 12 nitrogen and oxygen atoms in total. The molecule has 0 bridgehead atoms. The first-order valence-electron chi connectivity index (χ1n) is 30.0. The van der Waals surface area contributed by atoms with E-state index in [-0.39, 0.29) is 40.1 Å². The van der Waals surface area contributed by atoms with Gasteiger partial charge in [-0.15, -0.1) is 0 Å². The van der Waals surface area contributed by atoms with Crippen LogP contribution in [0.4, 0.5) is 0 Å². The van der Waals surface area contributed by atoms with Gasteiger partial charge in [-0.25, -0.2) is 14.4 Å². The molecule has 0 aliphatic heterocycles. The highest BCUT2D eigenvalue weighted by atomic mass is 35.5. The summed E-state index contributed by atoms with van der Waals surface area (Å²) in [5.74, 6) is 2.26. The molecule has 0 spiro atoms. The maximum Gasteiger partial charge on any atom is 0.328 e. The molecule has 0 atom stereocenters. The van der Waals surface area contributed by atoms with Crippen LogP contribution in [-0.2, 0) is 26.3 Å². The molecule has 6 aromatic carbocycles. The monoisotopic (exact) mass is 1180 g/mol. The summed E-state index contributed by atoms with van der Waals surface area (Å²) >= 11 is 12.4. The Hall–Kier alpha value is -8.06. The Morgan fingerprint density at radius 3 is 1.24 bits per heavy atom. The van der Waals surface area contributed by atoms with E-state index in [4.69, 9.17) is 23.2 Å². The van der Waals surface area contributed by atoms with E-state index in [0.717, 1.165) is 116 Å². The number of nitrogens with one attached hydrogen (secondary N) is 5. The van der Waals surface area contributed by atoms with Crippen LogP contribution < -0.4 is 33.7 Å². The molecule has 12 rings (SSSR count). The predicted molar refractivity (Wildman–Crippen MR) is 341 cm³/mol. The van der Waals surface area contributed by atoms with Gasteiger partial charge in [-0.3, -0.25) is 28.9 Å². The normalized spacial score (nSPS) is 19.4. The Labute approximate surface area is 504 Å². The number of benzene rings is 6. The Morgan fingerprint density at radius 2 is 0.788 bits per heavy atom. The first-order valence-corrected chi connectivity index (χ1v) is 30.7. The van der Waals surface area contributed by atoms with E-state index in [9.17, 15) is 28.8 Å². The van der Waals surface area contributed by atoms with Crippen LogP contribution in [0.2, 0.25) is 10.0 Å². The molecule has 3 fully saturated rings. The van der Waals surface area contributed by atoms with Crippen LogP contribution in [0.25, 0.3) is 0 Å². The molecule has 0 radical (unpaired) electrons. The average molecular weight is 1180 g/mol. The minimum atomic E-state index is -0.462. The van der Waals surface area contributed by atoms with Gasteiger partial charge in [0.25, 0.3) is 16.7 Å². The van der Waals surface area contributed by atoms with Crippen LogP contribution in [-0.4, -0.2) is 29.5 Å². The molecular formula is C71H74Cl2N6O6. The summed E-state index contributed by atoms with van der Waals surface area (Å²) in [6, 6.07) is 55.2. The largest absolute Gasteiger partial charge is 0.328 e. The number of aryl methyl sites for hydroxylation is 1. The van der Waals surface area contributed by atoms with Gasteiger partial charge in [0.1, 0.15) is 0 Å². The Kier molecular flexibility index (Phi) is 19.9. The second-order valence-electron chi connectivity index (χ2n) is 23.4. The number of halogens is 2. The number of rotatable bonds is 12. The lowest BCUT2D eigenvalue weighted by Gasteiger charge is -2.30. The minimum Gasteiger partial charge on any atom is -0.311 e. The highest BCUT2D eigenvalue weighted by Crippen LogP contribution is 2.43. The van der Waals surface area contributed by atoms with Crippen molar-refractivity contribution < 1.29 is 0 Å². The molecule has 14 heteroatoms.